The number of hydrogen-bond donors (Lipinski definition) is 2. The van der Waals surface area contributed by atoms with E-state index in [9.17, 15) is 14.4 Å². The molecular formula is C27H41N5O3. The minimum atomic E-state index is -0.632. The second-order valence-corrected chi connectivity index (χ2v) is 10.0. The Balaban J connectivity index is 0.00000141. The second-order valence-electron chi connectivity index (χ2n) is 10.0. The van der Waals surface area contributed by atoms with Gasteiger partial charge in [-0.1, -0.05) is 19.9 Å². The van der Waals surface area contributed by atoms with E-state index >= 15 is 0 Å². The molecule has 2 N–H and O–H groups in total. The molecule has 0 bridgehead atoms. The molecule has 8 heteroatoms. The van der Waals surface area contributed by atoms with Gasteiger partial charge in [-0.05, 0) is 101 Å². The maximum atomic E-state index is 13.0. The second kappa shape index (κ2) is 11.5. The van der Waals surface area contributed by atoms with Crippen LogP contribution in [0.3, 0.4) is 0 Å². The average Bonchev–Trinajstić information content (AvgIpc) is 3.14. The van der Waals surface area contributed by atoms with Crippen LogP contribution in [0.1, 0.15) is 76.3 Å². The van der Waals surface area contributed by atoms with Crippen LogP contribution in [0, 0.1) is 5.92 Å². The molecule has 1 atom stereocenters. The smallest absolute Gasteiger partial charge is 0.317 e. The monoisotopic (exact) mass is 483 g/mol. The van der Waals surface area contributed by atoms with Crippen molar-refractivity contribution in [1.82, 2.24) is 24.7 Å². The van der Waals surface area contributed by atoms with Crippen LogP contribution in [-0.4, -0.2) is 58.6 Å². The van der Waals surface area contributed by atoms with Crippen molar-refractivity contribution < 1.29 is 9.59 Å². The molecule has 1 unspecified atom stereocenters. The maximum Gasteiger partial charge on any atom is 0.329 e. The van der Waals surface area contributed by atoms with Gasteiger partial charge in [0.15, 0.2) is 0 Å². The highest BCUT2D eigenvalue weighted by molar-refractivity contribution is 6.00. The first-order valence-corrected chi connectivity index (χ1v) is 13.5. The molecule has 0 aliphatic carbocycles. The van der Waals surface area contributed by atoms with E-state index in [1.165, 1.54) is 44.5 Å². The quantitative estimate of drug-likeness (QED) is 0.639. The van der Waals surface area contributed by atoms with E-state index in [0.717, 1.165) is 42.9 Å². The highest BCUT2D eigenvalue weighted by Gasteiger charge is 2.31. The number of carbonyl (C=O) groups is 2. The van der Waals surface area contributed by atoms with Crippen LogP contribution in [0.4, 0.5) is 0 Å². The number of imide groups is 1. The minimum absolute atomic E-state index is 0.204. The van der Waals surface area contributed by atoms with E-state index in [4.69, 9.17) is 0 Å². The van der Waals surface area contributed by atoms with Gasteiger partial charge >= 0.3 is 5.69 Å². The van der Waals surface area contributed by atoms with Crippen molar-refractivity contribution in [3.63, 3.8) is 0 Å². The standard InChI is InChI=1S/C25H35N5O3.C2H6/c1-28-22-16-19(18-9-14-29(15-10-18)13-8-17-6-11-26-12-7-17)2-3-20(22)30(25(28)33)21-4-5-23(31)27-24(21)32;1-2/h2-3,16-18,21,26H,4-15H2,1H3,(H,27,31,32);1-2H3. The van der Waals surface area contributed by atoms with Crippen LogP contribution < -0.4 is 16.3 Å². The number of fused-ring (bicyclic) bond motifs is 1. The van der Waals surface area contributed by atoms with Crippen LogP contribution in [0.5, 0.6) is 0 Å². The fourth-order valence-electron chi connectivity index (χ4n) is 5.89. The van der Waals surface area contributed by atoms with E-state index < -0.39 is 6.04 Å². The summed E-state index contributed by atoms with van der Waals surface area (Å²) in [7, 11) is 1.76. The molecule has 3 aliphatic heterocycles. The number of carbonyl (C=O) groups excluding carboxylic acids is 2. The van der Waals surface area contributed by atoms with Crippen molar-refractivity contribution in [1.29, 1.82) is 0 Å². The van der Waals surface area contributed by atoms with E-state index in [2.05, 4.69) is 27.7 Å². The van der Waals surface area contributed by atoms with E-state index in [0.29, 0.717) is 12.3 Å². The van der Waals surface area contributed by atoms with Gasteiger partial charge in [0.05, 0.1) is 11.0 Å². The number of imidazole rings is 1. The largest absolute Gasteiger partial charge is 0.329 e. The molecule has 0 saturated carbocycles. The Morgan fingerprint density at radius 3 is 2.34 bits per heavy atom. The number of rotatable bonds is 5. The van der Waals surface area contributed by atoms with Crippen molar-refractivity contribution in [3.8, 4) is 0 Å². The Hall–Kier alpha value is -2.45. The third-order valence-corrected chi connectivity index (χ3v) is 8.01. The lowest BCUT2D eigenvalue weighted by atomic mass is 9.88. The van der Waals surface area contributed by atoms with Crippen LogP contribution in [0.25, 0.3) is 11.0 Å². The molecule has 2 amide bonds. The highest BCUT2D eigenvalue weighted by Crippen LogP contribution is 2.31. The minimum Gasteiger partial charge on any atom is -0.317 e. The van der Waals surface area contributed by atoms with E-state index in [1.807, 2.05) is 19.9 Å². The first-order valence-electron chi connectivity index (χ1n) is 13.5. The number of aromatic nitrogens is 2. The fourth-order valence-corrected chi connectivity index (χ4v) is 5.89. The summed E-state index contributed by atoms with van der Waals surface area (Å²) in [5.41, 5.74) is 2.69. The van der Waals surface area contributed by atoms with Gasteiger partial charge in [0, 0.05) is 13.5 Å². The van der Waals surface area contributed by atoms with Crippen molar-refractivity contribution in [2.24, 2.45) is 13.0 Å². The summed E-state index contributed by atoms with van der Waals surface area (Å²) in [5, 5.41) is 5.82. The molecule has 3 aliphatic rings. The number of aryl methyl sites for hydroxylation is 1. The molecule has 2 aromatic rings. The molecule has 1 aromatic heterocycles. The Bertz CT molecular complexity index is 1090. The van der Waals surface area contributed by atoms with Crippen LogP contribution in [0.2, 0.25) is 0 Å². The summed E-state index contributed by atoms with van der Waals surface area (Å²) in [6, 6.07) is 5.61. The predicted molar refractivity (Wildman–Crippen MR) is 139 cm³/mol. The fraction of sp³-hybridized carbons (Fsp3) is 0.667. The van der Waals surface area contributed by atoms with Crippen LogP contribution in [-0.2, 0) is 16.6 Å². The van der Waals surface area contributed by atoms with E-state index in [-0.39, 0.29) is 23.9 Å². The normalized spacial score (nSPS) is 22.7. The molecule has 8 nitrogen and oxygen atoms in total. The summed E-state index contributed by atoms with van der Waals surface area (Å²) < 4.78 is 3.20. The summed E-state index contributed by atoms with van der Waals surface area (Å²) in [6.07, 6.45) is 6.84. The molecule has 1 aromatic carbocycles. The van der Waals surface area contributed by atoms with Gasteiger partial charge in [-0.2, -0.15) is 0 Å². The number of likely N-dealkylation sites (tertiary alicyclic amines) is 1. The molecular weight excluding hydrogens is 442 g/mol. The lowest BCUT2D eigenvalue weighted by Crippen LogP contribution is -2.44. The van der Waals surface area contributed by atoms with E-state index in [1.54, 1.807) is 16.2 Å². The van der Waals surface area contributed by atoms with Crippen molar-refractivity contribution in [2.75, 3.05) is 32.7 Å². The molecule has 3 fully saturated rings. The molecule has 0 spiro atoms. The average molecular weight is 484 g/mol. The number of nitrogens with one attached hydrogen (secondary N) is 2. The number of piperidine rings is 3. The number of amides is 2. The van der Waals surface area contributed by atoms with Gasteiger partial charge in [0.2, 0.25) is 11.8 Å². The van der Waals surface area contributed by atoms with Gasteiger partial charge < -0.3 is 10.2 Å². The molecule has 3 saturated heterocycles. The zero-order chi connectivity index (χ0) is 24.9. The summed E-state index contributed by atoms with van der Waals surface area (Å²) in [5.74, 6) is 0.718. The lowest BCUT2D eigenvalue weighted by molar-refractivity contribution is -0.135. The molecule has 192 valence electrons. The first kappa shape index (κ1) is 25.6. The molecule has 35 heavy (non-hydrogen) atoms. The molecule has 5 rings (SSSR count). The van der Waals surface area contributed by atoms with Gasteiger partial charge in [-0.3, -0.25) is 24.0 Å². The Kier molecular flexibility index (Phi) is 8.44. The van der Waals surface area contributed by atoms with Crippen LogP contribution >= 0.6 is 0 Å². The number of nitrogens with zero attached hydrogens (tertiary/aromatic N) is 3. The number of hydrogen-bond acceptors (Lipinski definition) is 5. The summed E-state index contributed by atoms with van der Waals surface area (Å²) in [4.78, 5) is 39.6. The van der Waals surface area contributed by atoms with Crippen molar-refractivity contribution in [2.45, 2.75) is 70.8 Å². The Morgan fingerprint density at radius 2 is 1.66 bits per heavy atom. The Labute approximate surface area is 208 Å². The highest BCUT2D eigenvalue weighted by atomic mass is 16.2. The van der Waals surface area contributed by atoms with Gasteiger partial charge in [0.25, 0.3) is 0 Å². The topological polar surface area (TPSA) is 88.4 Å². The third kappa shape index (κ3) is 5.54. The predicted octanol–water partition coefficient (Wildman–Crippen LogP) is 2.91. The van der Waals surface area contributed by atoms with Gasteiger partial charge in [-0.15, -0.1) is 0 Å². The SMILES string of the molecule is CC.Cn1c(=O)n(C2CCC(=O)NC2=O)c2ccc(C3CCN(CCC4CCNCC4)CC3)cc21. The summed E-state index contributed by atoms with van der Waals surface area (Å²) in [6.45, 7) is 9.81. The zero-order valence-corrected chi connectivity index (χ0v) is 21.5. The van der Waals surface area contributed by atoms with Crippen molar-refractivity contribution in [3.05, 3.63) is 34.2 Å². The molecule has 0 radical (unpaired) electrons. The zero-order valence-electron chi connectivity index (χ0n) is 21.5. The van der Waals surface area contributed by atoms with Crippen molar-refractivity contribution >= 4 is 22.8 Å². The Morgan fingerprint density at radius 1 is 0.943 bits per heavy atom. The molecule has 4 heterocycles. The van der Waals surface area contributed by atoms with Gasteiger partial charge in [0.1, 0.15) is 6.04 Å². The third-order valence-electron chi connectivity index (χ3n) is 8.01. The summed E-state index contributed by atoms with van der Waals surface area (Å²) >= 11 is 0. The number of benzene rings is 1. The van der Waals surface area contributed by atoms with Crippen LogP contribution in [0.15, 0.2) is 23.0 Å². The maximum absolute atomic E-state index is 13.0. The lowest BCUT2D eigenvalue weighted by Gasteiger charge is -2.33. The first-order chi connectivity index (χ1) is 17.0. The van der Waals surface area contributed by atoms with Gasteiger partial charge in [-0.25, -0.2) is 4.79 Å².